The van der Waals surface area contributed by atoms with Gasteiger partial charge in [-0.1, -0.05) is 29.3 Å². The molecule has 0 aromatic heterocycles. The van der Waals surface area contributed by atoms with Gasteiger partial charge in [-0.2, -0.15) is 0 Å². The lowest BCUT2D eigenvalue weighted by Crippen LogP contribution is -2.42. The molecule has 2 amide bonds. The minimum atomic E-state index is -3.54. The first-order chi connectivity index (χ1) is 17.2. The Balaban J connectivity index is 1.31. The number of rotatable bonds is 6. The topological polar surface area (TPSA) is 84.0 Å². The Bertz CT molecular complexity index is 1260. The molecule has 0 N–H and O–H groups in total. The number of ether oxygens (including phenoxy) is 1. The second-order valence-corrected chi connectivity index (χ2v) is 11.8. The zero-order valence-electron chi connectivity index (χ0n) is 19.9. The molecular formula is C26H28Cl2N2O5S. The molecule has 0 bridgehead atoms. The summed E-state index contributed by atoms with van der Waals surface area (Å²) < 4.78 is 30.4. The number of likely N-dealkylation sites (tertiary alicyclic amines) is 2. The Morgan fingerprint density at radius 2 is 1.58 bits per heavy atom. The number of piperidine rings is 1. The van der Waals surface area contributed by atoms with Crippen LogP contribution < -0.4 is 4.74 Å². The van der Waals surface area contributed by atoms with Crippen LogP contribution in [0, 0.1) is 11.8 Å². The van der Waals surface area contributed by atoms with Crippen molar-refractivity contribution in [3.63, 3.8) is 0 Å². The number of methoxy groups -OCH3 is 1. The molecule has 2 aliphatic rings. The van der Waals surface area contributed by atoms with Gasteiger partial charge in [-0.25, -0.2) is 8.42 Å². The summed E-state index contributed by atoms with van der Waals surface area (Å²) in [6.45, 7) is 1.96. The number of benzene rings is 2. The Morgan fingerprint density at radius 1 is 0.944 bits per heavy atom. The van der Waals surface area contributed by atoms with Crippen molar-refractivity contribution >= 4 is 44.9 Å². The third-order valence-corrected chi connectivity index (χ3v) is 8.67. The van der Waals surface area contributed by atoms with Crippen LogP contribution in [-0.2, 0) is 14.6 Å². The van der Waals surface area contributed by atoms with Crippen LogP contribution in [0.1, 0.15) is 29.6 Å². The molecule has 2 heterocycles. The first kappa shape index (κ1) is 26.5. The first-order valence-electron chi connectivity index (χ1n) is 11.8. The molecule has 7 nitrogen and oxygen atoms in total. The summed E-state index contributed by atoms with van der Waals surface area (Å²) in [5.74, 6) is 0.118. The Kier molecular flexibility index (Phi) is 8.27. The second kappa shape index (κ2) is 11.2. The molecule has 2 fully saturated rings. The monoisotopic (exact) mass is 550 g/mol. The van der Waals surface area contributed by atoms with Crippen molar-refractivity contribution in [3.8, 4) is 5.75 Å². The van der Waals surface area contributed by atoms with Gasteiger partial charge in [-0.3, -0.25) is 9.59 Å². The lowest BCUT2D eigenvalue weighted by atomic mass is 9.95. The summed E-state index contributed by atoms with van der Waals surface area (Å²) >= 11 is 11.9. The third-order valence-electron chi connectivity index (χ3n) is 6.74. The van der Waals surface area contributed by atoms with Crippen LogP contribution >= 0.6 is 23.2 Å². The van der Waals surface area contributed by atoms with Gasteiger partial charge < -0.3 is 14.5 Å². The summed E-state index contributed by atoms with van der Waals surface area (Å²) in [7, 11) is -2.04. The van der Waals surface area contributed by atoms with E-state index in [9.17, 15) is 18.0 Å². The van der Waals surface area contributed by atoms with Gasteiger partial charge in [0.1, 0.15) is 5.75 Å². The second-order valence-electron chi connectivity index (χ2n) is 9.07. The zero-order chi connectivity index (χ0) is 25.9. The van der Waals surface area contributed by atoms with E-state index in [0.717, 1.165) is 0 Å². The molecule has 36 heavy (non-hydrogen) atoms. The van der Waals surface area contributed by atoms with E-state index in [4.69, 9.17) is 27.9 Å². The van der Waals surface area contributed by atoms with E-state index in [-0.39, 0.29) is 28.5 Å². The van der Waals surface area contributed by atoms with E-state index in [2.05, 4.69) is 0 Å². The Hall–Kier alpha value is -2.55. The lowest BCUT2D eigenvalue weighted by Gasteiger charge is -2.32. The summed E-state index contributed by atoms with van der Waals surface area (Å²) in [4.78, 5) is 29.9. The normalized spacial score (nSPS) is 19.1. The number of sulfone groups is 1. The molecule has 0 aliphatic carbocycles. The highest BCUT2D eigenvalue weighted by molar-refractivity contribution is 7.94. The fourth-order valence-electron chi connectivity index (χ4n) is 4.65. The van der Waals surface area contributed by atoms with Crippen LogP contribution in [0.25, 0.3) is 0 Å². The van der Waals surface area contributed by atoms with Gasteiger partial charge in [-0.15, -0.1) is 0 Å². The maximum atomic E-state index is 13.1. The van der Waals surface area contributed by atoms with Gasteiger partial charge in [0.05, 0.1) is 23.5 Å². The van der Waals surface area contributed by atoms with E-state index in [1.165, 1.54) is 24.7 Å². The summed E-state index contributed by atoms with van der Waals surface area (Å²) in [5.41, 5.74) is 0.388. The molecule has 2 aliphatic heterocycles. The molecule has 4 rings (SSSR count). The van der Waals surface area contributed by atoms with Crippen LogP contribution in [0.5, 0.6) is 5.75 Å². The molecule has 2 aromatic carbocycles. The van der Waals surface area contributed by atoms with E-state index < -0.39 is 9.84 Å². The van der Waals surface area contributed by atoms with Crippen molar-refractivity contribution in [1.82, 2.24) is 9.80 Å². The van der Waals surface area contributed by atoms with Crippen LogP contribution in [0.4, 0.5) is 0 Å². The zero-order valence-corrected chi connectivity index (χ0v) is 22.2. The number of amides is 2. The largest absolute Gasteiger partial charge is 0.496 e. The average Bonchev–Trinajstić information content (AvgIpc) is 3.37. The highest BCUT2D eigenvalue weighted by Gasteiger charge is 2.35. The smallest absolute Gasteiger partial charge is 0.257 e. The third kappa shape index (κ3) is 6.05. The van der Waals surface area contributed by atoms with Crippen molar-refractivity contribution in [2.75, 3.05) is 33.3 Å². The standard InChI is InChI=1S/C26H28Cl2N2O5S/c1-35-24-7-4-21(28)16-23(24)26(32)30-14-10-19(17-30)25(31)29-12-8-18(9-13-29)11-15-36(33,34)22-5-2-20(27)3-6-22/h2-7,11,15-16,18-19H,8-10,12-14,17H2,1H3/b15-11+/t19-/m0/s1. The molecule has 0 saturated carbocycles. The predicted octanol–water partition coefficient (Wildman–Crippen LogP) is 4.69. The van der Waals surface area contributed by atoms with Gasteiger partial charge >= 0.3 is 0 Å². The highest BCUT2D eigenvalue weighted by Crippen LogP contribution is 2.29. The first-order valence-corrected chi connectivity index (χ1v) is 14.1. The quantitative estimate of drug-likeness (QED) is 0.520. The van der Waals surface area contributed by atoms with E-state index in [1.807, 2.05) is 4.90 Å². The lowest BCUT2D eigenvalue weighted by molar-refractivity contribution is -0.136. The van der Waals surface area contributed by atoms with Gasteiger partial charge in [0.2, 0.25) is 5.91 Å². The highest BCUT2D eigenvalue weighted by atomic mass is 35.5. The van der Waals surface area contributed by atoms with Crippen molar-refractivity contribution in [1.29, 1.82) is 0 Å². The van der Waals surface area contributed by atoms with Crippen molar-refractivity contribution in [2.45, 2.75) is 24.2 Å². The SMILES string of the molecule is COc1ccc(Cl)cc1C(=O)N1CC[C@H](C(=O)N2CCC(/C=C/S(=O)(=O)c3ccc(Cl)cc3)CC2)C1. The van der Waals surface area contributed by atoms with Crippen molar-refractivity contribution in [2.24, 2.45) is 11.8 Å². The maximum Gasteiger partial charge on any atom is 0.257 e. The van der Waals surface area contributed by atoms with Crippen molar-refractivity contribution in [3.05, 3.63) is 69.6 Å². The minimum absolute atomic E-state index is 0.0413. The molecule has 0 unspecified atom stereocenters. The molecule has 1 atom stereocenters. The summed E-state index contributed by atoms with van der Waals surface area (Å²) in [5, 5.41) is 2.18. The number of hydrogen-bond donors (Lipinski definition) is 0. The summed E-state index contributed by atoms with van der Waals surface area (Å²) in [6, 6.07) is 11.0. The van der Waals surface area contributed by atoms with Crippen LogP contribution in [-0.4, -0.2) is 63.3 Å². The molecular weight excluding hydrogens is 523 g/mol. The Morgan fingerprint density at radius 3 is 2.25 bits per heavy atom. The molecule has 2 saturated heterocycles. The summed E-state index contributed by atoms with van der Waals surface area (Å²) in [6.07, 6.45) is 3.70. The van der Waals surface area contributed by atoms with E-state index >= 15 is 0 Å². The number of nitrogens with zero attached hydrogens (tertiary/aromatic N) is 2. The maximum absolute atomic E-state index is 13.1. The fourth-order valence-corrected chi connectivity index (χ4v) is 6.05. The molecule has 2 aromatic rings. The van der Waals surface area contributed by atoms with Crippen molar-refractivity contribution < 1.29 is 22.7 Å². The molecule has 192 valence electrons. The van der Waals surface area contributed by atoms with E-state index in [0.29, 0.717) is 66.8 Å². The number of carbonyl (C=O) groups excluding carboxylic acids is 2. The van der Waals surface area contributed by atoms with Crippen LogP contribution in [0.2, 0.25) is 10.0 Å². The van der Waals surface area contributed by atoms with Crippen LogP contribution in [0.3, 0.4) is 0 Å². The fraction of sp³-hybridized carbons (Fsp3) is 0.385. The van der Waals surface area contributed by atoms with E-state index in [1.54, 1.807) is 41.3 Å². The molecule has 0 spiro atoms. The molecule has 0 radical (unpaired) electrons. The van der Waals surface area contributed by atoms with Crippen LogP contribution in [0.15, 0.2) is 58.8 Å². The number of hydrogen-bond acceptors (Lipinski definition) is 5. The number of carbonyl (C=O) groups is 2. The van der Waals surface area contributed by atoms with Gasteiger partial charge in [0, 0.05) is 41.6 Å². The predicted molar refractivity (Wildman–Crippen MR) is 139 cm³/mol. The molecule has 10 heteroatoms. The number of allylic oxidation sites excluding steroid dienone is 1. The Labute approximate surface area is 221 Å². The van der Waals surface area contributed by atoms with Gasteiger partial charge in [0.15, 0.2) is 9.84 Å². The number of halogens is 2. The average molecular weight is 551 g/mol. The van der Waals surface area contributed by atoms with Gasteiger partial charge in [0.25, 0.3) is 5.91 Å². The minimum Gasteiger partial charge on any atom is -0.496 e. The van der Waals surface area contributed by atoms with Gasteiger partial charge in [-0.05, 0) is 67.6 Å².